The Morgan fingerprint density at radius 2 is 1.67 bits per heavy atom. The lowest BCUT2D eigenvalue weighted by molar-refractivity contribution is -0.130. The van der Waals surface area contributed by atoms with Crippen LogP contribution in [0, 0.1) is 12.7 Å². The molecule has 0 aliphatic heterocycles. The quantitative estimate of drug-likeness (QED) is 0.303. The number of carbonyl (C=O) groups is 2. The smallest absolute Gasteiger partial charge is 0.336 e. The number of carboxylic acid groups (broad SMARTS) is 1. The topological polar surface area (TPSA) is 89.4 Å². The molecule has 1 aromatic heterocycles. The summed E-state index contributed by atoms with van der Waals surface area (Å²) in [6.07, 6.45) is -0.0807. The zero-order valence-corrected chi connectivity index (χ0v) is 18.6. The van der Waals surface area contributed by atoms with E-state index in [0.29, 0.717) is 27.7 Å². The Kier molecular flexibility index (Phi) is 6.28. The van der Waals surface area contributed by atoms with E-state index < -0.39 is 17.6 Å². The van der Waals surface area contributed by atoms with Crippen molar-refractivity contribution in [3.8, 4) is 5.75 Å². The highest BCUT2D eigenvalue weighted by Gasteiger charge is 2.24. The van der Waals surface area contributed by atoms with E-state index in [0.717, 1.165) is 17.3 Å². The standard InChI is InChI=1S/C25H19FN2O4S/c1-14-3-6-16(7-4-14)24(29)18(11-15-5-10-22(32-2)19(26)12-15)23(25(30)31)17-8-9-20-21(13-17)28-33-27-20/h3-10,12-13H,11H2,1-2H3,(H,30,31). The molecule has 0 radical (unpaired) electrons. The summed E-state index contributed by atoms with van der Waals surface area (Å²) in [4.78, 5) is 26.0. The summed E-state index contributed by atoms with van der Waals surface area (Å²) in [7, 11) is 1.36. The minimum absolute atomic E-state index is 0.0402. The van der Waals surface area contributed by atoms with Gasteiger partial charge in [0.1, 0.15) is 11.0 Å². The van der Waals surface area contributed by atoms with Gasteiger partial charge < -0.3 is 9.84 Å². The van der Waals surface area contributed by atoms with Crippen LogP contribution in [0.1, 0.15) is 27.0 Å². The molecule has 0 bridgehead atoms. The lowest BCUT2D eigenvalue weighted by Gasteiger charge is -2.14. The molecule has 0 aliphatic carbocycles. The minimum atomic E-state index is -1.26. The summed E-state index contributed by atoms with van der Waals surface area (Å²) >= 11 is 1.02. The van der Waals surface area contributed by atoms with E-state index in [2.05, 4.69) is 8.75 Å². The Morgan fingerprint density at radius 3 is 2.33 bits per heavy atom. The second-order valence-electron chi connectivity index (χ2n) is 7.47. The number of hydrogen-bond donors (Lipinski definition) is 1. The molecule has 6 nitrogen and oxygen atoms in total. The van der Waals surface area contributed by atoms with Gasteiger partial charge in [-0.3, -0.25) is 4.79 Å². The maximum Gasteiger partial charge on any atom is 0.336 e. The highest BCUT2D eigenvalue weighted by molar-refractivity contribution is 7.00. The first-order valence-electron chi connectivity index (χ1n) is 10.0. The van der Waals surface area contributed by atoms with Gasteiger partial charge in [0.25, 0.3) is 0 Å². The van der Waals surface area contributed by atoms with Crippen LogP contribution in [0.4, 0.5) is 4.39 Å². The number of fused-ring (bicyclic) bond motifs is 1. The van der Waals surface area contributed by atoms with E-state index in [-0.39, 0.29) is 23.3 Å². The third-order valence-corrected chi connectivity index (χ3v) is 5.80. The van der Waals surface area contributed by atoms with Gasteiger partial charge in [0.15, 0.2) is 17.3 Å². The molecule has 3 aromatic carbocycles. The van der Waals surface area contributed by atoms with Crippen molar-refractivity contribution in [2.24, 2.45) is 0 Å². The van der Waals surface area contributed by atoms with Crippen molar-refractivity contribution in [2.45, 2.75) is 13.3 Å². The van der Waals surface area contributed by atoms with Gasteiger partial charge in [0.2, 0.25) is 0 Å². The van der Waals surface area contributed by atoms with Crippen molar-refractivity contribution >= 4 is 40.1 Å². The first-order chi connectivity index (χ1) is 15.9. The second-order valence-corrected chi connectivity index (χ2v) is 8.00. The molecule has 0 fully saturated rings. The predicted octanol–water partition coefficient (Wildman–Crippen LogP) is 5.11. The zero-order valence-electron chi connectivity index (χ0n) is 17.8. The molecule has 166 valence electrons. The Hall–Kier alpha value is -3.91. The first-order valence-corrected chi connectivity index (χ1v) is 10.7. The number of hydrogen-bond acceptors (Lipinski definition) is 6. The lowest BCUT2D eigenvalue weighted by atomic mass is 9.89. The Balaban J connectivity index is 1.90. The van der Waals surface area contributed by atoms with Crippen molar-refractivity contribution in [1.82, 2.24) is 8.75 Å². The number of halogens is 1. The fourth-order valence-corrected chi connectivity index (χ4v) is 4.07. The summed E-state index contributed by atoms with van der Waals surface area (Å²) in [6, 6.07) is 16.0. The summed E-state index contributed by atoms with van der Waals surface area (Å²) in [5.74, 6) is -2.24. The van der Waals surface area contributed by atoms with Gasteiger partial charge in [-0.15, -0.1) is 0 Å². The number of aromatic nitrogens is 2. The second kappa shape index (κ2) is 9.30. The van der Waals surface area contributed by atoms with Gasteiger partial charge in [-0.25, -0.2) is 9.18 Å². The number of nitrogens with zero attached hydrogens (tertiary/aromatic N) is 2. The maximum atomic E-state index is 14.3. The van der Waals surface area contributed by atoms with Crippen molar-refractivity contribution in [3.05, 3.63) is 94.3 Å². The number of allylic oxidation sites excluding steroid dienone is 1. The molecule has 0 saturated carbocycles. The molecule has 33 heavy (non-hydrogen) atoms. The number of ketones is 1. The van der Waals surface area contributed by atoms with E-state index in [1.165, 1.54) is 19.2 Å². The van der Waals surface area contributed by atoms with Crippen molar-refractivity contribution < 1.29 is 23.8 Å². The third-order valence-electron chi connectivity index (χ3n) is 5.24. The SMILES string of the molecule is COc1ccc(CC(C(=O)c2ccc(C)cc2)=C(C(=O)O)c2ccc3nsnc3c2)cc1F. The van der Waals surface area contributed by atoms with Crippen LogP contribution < -0.4 is 4.74 Å². The van der Waals surface area contributed by atoms with Crippen LogP contribution in [0.3, 0.4) is 0 Å². The highest BCUT2D eigenvalue weighted by atomic mass is 32.1. The number of Topliss-reactive ketones (excluding diaryl/α,β-unsaturated/α-hetero) is 1. The number of aliphatic carboxylic acids is 1. The highest BCUT2D eigenvalue weighted by Crippen LogP contribution is 2.29. The Bertz CT molecular complexity index is 1390. The molecule has 1 heterocycles. The largest absolute Gasteiger partial charge is 0.494 e. The molecule has 0 atom stereocenters. The Morgan fingerprint density at radius 1 is 0.970 bits per heavy atom. The van der Waals surface area contributed by atoms with Crippen LogP contribution >= 0.6 is 11.7 Å². The van der Waals surface area contributed by atoms with Crippen LogP contribution in [-0.4, -0.2) is 32.7 Å². The maximum absolute atomic E-state index is 14.3. The fourth-order valence-electron chi connectivity index (χ4n) is 3.55. The summed E-state index contributed by atoms with van der Waals surface area (Å²) in [6.45, 7) is 1.89. The van der Waals surface area contributed by atoms with E-state index >= 15 is 0 Å². The van der Waals surface area contributed by atoms with E-state index in [1.807, 2.05) is 6.92 Å². The van der Waals surface area contributed by atoms with Crippen LogP contribution in [0.2, 0.25) is 0 Å². The fraction of sp³-hybridized carbons (Fsp3) is 0.120. The van der Waals surface area contributed by atoms with Gasteiger partial charge in [0.05, 0.1) is 24.4 Å². The lowest BCUT2D eigenvalue weighted by Crippen LogP contribution is -2.14. The molecule has 4 aromatic rings. The minimum Gasteiger partial charge on any atom is -0.494 e. The van der Waals surface area contributed by atoms with Crippen molar-refractivity contribution in [1.29, 1.82) is 0 Å². The van der Waals surface area contributed by atoms with Gasteiger partial charge in [-0.05, 0) is 42.3 Å². The number of ether oxygens (including phenoxy) is 1. The van der Waals surface area contributed by atoms with E-state index in [4.69, 9.17) is 4.74 Å². The molecule has 0 amide bonds. The monoisotopic (exact) mass is 462 g/mol. The number of benzene rings is 3. The normalized spacial score (nSPS) is 11.8. The van der Waals surface area contributed by atoms with Crippen molar-refractivity contribution in [3.63, 3.8) is 0 Å². The number of rotatable bonds is 7. The molecule has 0 spiro atoms. The van der Waals surface area contributed by atoms with Crippen molar-refractivity contribution in [2.75, 3.05) is 7.11 Å². The summed E-state index contributed by atoms with van der Waals surface area (Å²) in [5, 5.41) is 10.1. The summed E-state index contributed by atoms with van der Waals surface area (Å²) < 4.78 is 27.6. The first kappa shape index (κ1) is 22.3. The number of carboxylic acids is 1. The number of methoxy groups -OCH3 is 1. The molecule has 4 rings (SSSR count). The van der Waals surface area contributed by atoms with Gasteiger partial charge in [-0.2, -0.15) is 8.75 Å². The van der Waals surface area contributed by atoms with E-state index in [1.54, 1.807) is 48.5 Å². The Labute approximate surface area is 193 Å². The molecular weight excluding hydrogens is 443 g/mol. The molecule has 0 unspecified atom stereocenters. The molecule has 1 N–H and O–H groups in total. The molecule has 0 saturated heterocycles. The average Bonchev–Trinajstić information content (AvgIpc) is 3.27. The van der Waals surface area contributed by atoms with Crippen LogP contribution in [0.25, 0.3) is 16.6 Å². The van der Waals surface area contributed by atoms with Crippen LogP contribution in [-0.2, 0) is 11.2 Å². The molecular formula is C25H19FN2O4S. The third kappa shape index (κ3) is 4.65. The molecule has 8 heteroatoms. The van der Waals surface area contributed by atoms with Gasteiger partial charge in [0, 0.05) is 17.6 Å². The number of aryl methyl sites for hydroxylation is 1. The number of carbonyl (C=O) groups excluding carboxylic acids is 1. The van der Waals surface area contributed by atoms with Gasteiger partial charge >= 0.3 is 5.97 Å². The van der Waals surface area contributed by atoms with Gasteiger partial charge in [-0.1, -0.05) is 42.0 Å². The van der Waals surface area contributed by atoms with Crippen LogP contribution in [0.5, 0.6) is 5.75 Å². The predicted molar refractivity (Wildman–Crippen MR) is 124 cm³/mol. The molecule has 0 aliphatic rings. The average molecular weight is 463 g/mol. The van der Waals surface area contributed by atoms with E-state index in [9.17, 15) is 19.1 Å². The zero-order chi connectivity index (χ0) is 23.5. The summed E-state index contributed by atoms with van der Waals surface area (Å²) in [5.41, 5.74) is 3.14. The van der Waals surface area contributed by atoms with Crippen LogP contribution in [0.15, 0.2) is 66.2 Å².